The molecule has 0 fully saturated rings. The summed E-state index contributed by atoms with van der Waals surface area (Å²) in [5, 5.41) is 0. The number of nitrogens with two attached hydrogens (primary N) is 1. The summed E-state index contributed by atoms with van der Waals surface area (Å²) in [5.41, 5.74) is 4.59. The Labute approximate surface area is 111 Å². The summed E-state index contributed by atoms with van der Waals surface area (Å²) < 4.78 is 10.9. The first-order valence-electron chi connectivity index (χ1n) is 5.66. The highest BCUT2D eigenvalue weighted by Gasteiger charge is 2.28. The summed E-state index contributed by atoms with van der Waals surface area (Å²) in [6.07, 6.45) is -0.101. The average molecular weight is 268 g/mol. The van der Waals surface area contributed by atoms with Crippen molar-refractivity contribution < 1.29 is 14.3 Å². The summed E-state index contributed by atoms with van der Waals surface area (Å²) in [7, 11) is 0. The van der Waals surface area contributed by atoms with Crippen LogP contribution in [0.5, 0.6) is 0 Å². The van der Waals surface area contributed by atoms with Gasteiger partial charge in [0.1, 0.15) is 5.60 Å². The van der Waals surface area contributed by atoms with Crippen LogP contribution in [0.1, 0.15) is 48.0 Å². The Kier molecular flexibility index (Phi) is 8.05. The van der Waals surface area contributed by atoms with Gasteiger partial charge in [-0.2, -0.15) is 0 Å². The smallest absolute Gasteiger partial charge is 0.335 e. The predicted molar refractivity (Wildman–Crippen MR) is 71.4 cm³/mol. The van der Waals surface area contributed by atoms with Gasteiger partial charge < -0.3 is 15.2 Å². The molecule has 104 valence electrons. The van der Waals surface area contributed by atoms with Crippen molar-refractivity contribution in [1.29, 1.82) is 0 Å². The summed E-state index contributed by atoms with van der Waals surface area (Å²) >= 11 is 0. The van der Waals surface area contributed by atoms with E-state index in [1.807, 2.05) is 41.5 Å². The molecule has 0 saturated carbocycles. The minimum Gasteiger partial charge on any atom is -0.458 e. The standard InChI is InChI=1S/C12H25NO3.ClH/c1-11(2,3)15-9(7-8-13)10(14)16-12(4,5)6;/h9H,7-8,13H2,1-6H3;1H/t9-;/m0./s1. The predicted octanol–water partition coefficient (Wildman–Crippen LogP) is 2.28. The van der Waals surface area contributed by atoms with E-state index in [0.717, 1.165) is 0 Å². The van der Waals surface area contributed by atoms with Crippen molar-refractivity contribution in [2.75, 3.05) is 6.54 Å². The van der Waals surface area contributed by atoms with Crippen LogP contribution in [-0.4, -0.2) is 29.8 Å². The number of hydrogen-bond donors (Lipinski definition) is 1. The number of carbonyl (C=O) groups excluding carboxylic acids is 1. The molecule has 17 heavy (non-hydrogen) atoms. The fourth-order valence-corrected chi connectivity index (χ4v) is 1.17. The first kappa shape index (κ1) is 19.0. The van der Waals surface area contributed by atoms with Crippen LogP contribution in [0.25, 0.3) is 0 Å². The molecule has 1 atom stereocenters. The lowest BCUT2D eigenvalue weighted by Crippen LogP contribution is -2.39. The van der Waals surface area contributed by atoms with E-state index in [9.17, 15) is 4.79 Å². The number of hydrogen-bond acceptors (Lipinski definition) is 4. The number of carbonyl (C=O) groups is 1. The Morgan fingerprint density at radius 1 is 1.12 bits per heavy atom. The van der Waals surface area contributed by atoms with Crippen molar-refractivity contribution >= 4 is 18.4 Å². The molecule has 0 aliphatic rings. The monoisotopic (exact) mass is 267 g/mol. The zero-order chi connectivity index (χ0) is 13.0. The zero-order valence-electron chi connectivity index (χ0n) is 11.7. The second-order valence-corrected chi connectivity index (χ2v) is 5.83. The molecule has 0 radical (unpaired) electrons. The molecule has 2 N–H and O–H groups in total. The van der Waals surface area contributed by atoms with E-state index in [-0.39, 0.29) is 24.0 Å². The average Bonchev–Trinajstić information content (AvgIpc) is 1.97. The lowest BCUT2D eigenvalue weighted by molar-refractivity contribution is -0.177. The topological polar surface area (TPSA) is 61.5 Å². The van der Waals surface area contributed by atoms with E-state index in [0.29, 0.717) is 13.0 Å². The van der Waals surface area contributed by atoms with Crippen LogP contribution >= 0.6 is 12.4 Å². The van der Waals surface area contributed by atoms with Crippen molar-refractivity contribution in [2.45, 2.75) is 65.3 Å². The van der Waals surface area contributed by atoms with Gasteiger partial charge in [0.2, 0.25) is 0 Å². The Bertz CT molecular complexity index is 231. The molecular formula is C12H26ClNO3. The van der Waals surface area contributed by atoms with E-state index < -0.39 is 11.7 Å². The maximum atomic E-state index is 11.8. The molecule has 0 heterocycles. The molecule has 5 heteroatoms. The van der Waals surface area contributed by atoms with Crippen LogP contribution in [0.2, 0.25) is 0 Å². The third-order valence-corrected chi connectivity index (χ3v) is 1.59. The molecule has 4 nitrogen and oxygen atoms in total. The van der Waals surface area contributed by atoms with Gasteiger partial charge in [-0.25, -0.2) is 4.79 Å². The van der Waals surface area contributed by atoms with Crippen molar-refractivity contribution in [1.82, 2.24) is 0 Å². The van der Waals surface area contributed by atoms with Crippen molar-refractivity contribution in [3.8, 4) is 0 Å². The Balaban J connectivity index is 0. The highest BCUT2D eigenvalue weighted by atomic mass is 35.5. The van der Waals surface area contributed by atoms with Gasteiger partial charge in [-0.15, -0.1) is 12.4 Å². The first-order chi connectivity index (χ1) is 7.05. The van der Waals surface area contributed by atoms with Gasteiger partial charge in [-0.1, -0.05) is 0 Å². The maximum Gasteiger partial charge on any atom is 0.335 e. The molecule has 0 aromatic carbocycles. The molecule has 0 aliphatic carbocycles. The molecule has 0 rings (SSSR count). The van der Waals surface area contributed by atoms with Crippen molar-refractivity contribution in [2.24, 2.45) is 5.73 Å². The normalized spacial score (nSPS) is 13.8. The molecule has 0 bridgehead atoms. The van der Waals surface area contributed by atoms with E-state index in [2.05, 4.69) is 0 Å². The van der Waals surface area contributed by atoms with Gasteiger partial charge in [0.25, 0.3) is 0 Å². The molecule has 0 aromatic rings. The SMILES string of the molecule is CC(C)(C)OC(=O)[C@H](CCN)OC(C)(C)C.Cl. The molecule has 0 spiro atoms. The zero-order valence-corrected chi connectivity index (χ0v) is 12.5. The maximum absolute atomic E-state index is 11.8. The second kappa shape index (κ2) is 7.19. The van der Waals surface area contributed by atoms with Gasteiger partial charge >= 0.3 is 5.97 Å². The van der Waals surface area contributed by atoms with E-state index in [1.165, 1.54) is 0 Å². The highest BCUT2D eigenvalue weighted by Crippen LogP contribution is 2.17. The minimum absolute atomic E-state index is 0. The van der Waals surface area contributed by atoms with E-state index in [1.54, 1.807) is 0 Å². The lowest BCUT2D eigenvalue weighted by atomic mass is 10.1. The molecule has 0 aliphatic heterocycles. The van der Waals surface area contributed by atoms with Crippen LogP contribution in [0.4, 0.5) is 0 Å². The molecule has 0 saturated heterocycles. The summed E-state index contributed by atoms with van der Waals surface area (Å²) in [6, 6.07) is 0. The first-order valence-corrected chi connectivity index (χ1v) is 5.66. The molecular weight excluding hydrogens is 242 g/mol. The van der Waals surface area contributed by atoms with Crippen LogP contribution in [0.3, 0.4) is 0 Å². The highest BCUT2D eigenvalue weighted by molar-refractivity contribution is 5.85. The van der Waals surface area contributed by atoms with Gasteiger partial charge in [0.05, 0.1) is 5.60 Å². The van der Waals surface area contributed by atoms with Crippen molar-refractivity contribution in [3.63, 3.8) is 0 Å². The summed E-state index contributed by atoms with van der Waals surface area (Å²) in [6.45, 7) is 11.6. The van der Waals surface area contributed by atoms with Gasteiger partial charge in [0.15, 0.2) is 6.10 Å². The van der Waals surface area contributed by atoms with Gasteiger partial charge in [-0.05, 0) is 54.5 Å². The number of ether oxygens (including phenoxy) is 2. The van der Waals surface area contributed by atoms with E-state index in [4.69, 9.17) is 15.2 Å². The van der Waals surface area contributed by atoms with Gasteiger partial charge in [0, 0.05) is 0 Å². The number of halogens is 1. The lowest BCUT2D eigenvalue weighted by Gasteiger charge is -2.29. The van der Waals surface area contributed by atoms with Gasteiger partial charge in [-0.3, -0.25) is 0 Å². The summed E-state index contributed by atoms with van der Waals surface area (Å²) in [4.78, 5) is 11.8. The quantitative estimate of drug-likeness (QED) is 0.794. The van der Waals surface area contributed by atoms with Crippen LogP contribution in [-0.2, 0) is 14.3 Å². The van der Waals surface area contributed by atoms with Crippen LogP contribution in [0.15, 0.2) is 0 Å². The molecule has 0 amide bonds. The second-order valence-electron chi connectivity index (χ2n) is 5.83. The fraction of sp³-hybridized carbons (Fsp3) is 0.917. The van der Waals surface area contributed by atoms with Crippen molar-refractivity contribution in [3.05, 3.63) is 0 Å². The van der Waals surface area contributed by atoms with E-state index >= 15 is 0 Å². The fourth-order valence-electron chi connectivity index (χ4n) is 1.17. The largest absolute Gasteiger partial charge is 0.458 e. The third kappa shape index (κ3) is 10.5. The number of rotatable bonds is 4. The van der Waals surface area contributed by atoms with Crippen LogP contribution < -0.4 is 5.73 Å². The van der Waals surface area contributed by atoms with Crippen LogP contribution in [0, 0.1) is 0 Å². The summed E-state index contributed by atoms with van der Waals surface area (Å²) in [5.74, 6) is -0.340. The third-order valence-electron chi connectivity index (χ3n) is 1.59. The Morgan fingerprint density at radius 3 is 1.88 bits per heavy atom. The molecule has 0 unspecified atom stereocenters. The Hall–Kier alpha value is -0.320. The molecule has 0 aromatic heterocycles. The minimum atomic E-state index is -0.579. The Morgan fingerprint density at radius 2 is 1.59 bits per heavy atom. The number of esters is 1.